The van der Waals surface area contributed by atoms with Gasteiger partial charge in [-0.25, -0.2) is 0 Å². The van der Waals surface area contributed by atoms with Gasteiger partial charge in [0.15, 0.2) is 0 Å². The Kier molecular flexibility index (Phi) is 3.70. The van der Waals surface area contributed by atoms with Gasteiger partial charge in [0.05, 0.1) is 4.92 Å². The van der Waals surface area contributed by atoms with Crippen LogP contribution in [0, 0.1) is 10.1 Å². The topological polar surface area (TPSA) is 73.1 Å². The van der Waals surface area contributed by atoms with E-state index in [9.17, 15) is 28.1 Å². The molecule has 0 spiro atoms. The second-order valence-corrected chi connectivity index (χ2v) is 4.03. The first kappa shape index (κ1) is 14.6. The van der Waals surface area contributed by atoms with Crippen LogP contribution >= 0.6 is 0 Å². The minimum atomic E-state index is -4.92. The summed E-state index contributed by atoms with van der Waals surface area (Å²) in [5.74, 6) is -0.888. The van der Waals surface area contributed by atoms with E-state index < -0.39 is 33.7 Å². The molecule has 0 unspecified atom stereocenters. The Balaban J connectivity index is 2.65. The molecule has 0 aliphatic heterocycles. The summed E-state index contributed by atoms with van der Waals surface area (Å²) in [7, 11) is 0. The number of benzene rings is 1. The number of para-hydroxylation sites is 1. The van der Waals surface area contributed by atoms with Crippen molar-refractivity contribution >= 4 is 11.5 Å². The van der Waals surface area contributed by atoms with E-state index in [0.29, 0.717) is 6.07 Å². The molecule has 0 fully saturated rings. The second kappa shape index (κ2) is 5.31. The van der Waals surface area contributed by atoms with Gasteiger partial charge in [-0.3, -0.25) is 19.9 Å². The van der Waals surface area contributed by atoms with Crippen molar-refractivity contribution in [2.75, 3.05) is 0 Å². The van der Waals surface area contributed by atoms with Gasteiger partial charge in [-0.2, -0.15) is 13.2 Å². The van der Waals surface area contributed by atoms with Crippen LogP contribution in [0.15, 0.2) is 42.7 Å². The fourth-order valence-electron chi connectivity index (χ4n) is 1.80. The molecule has 21 heavy (non-hydrogen) atoms. The first-order chi connectivity index (χ1) is 9.82. The number of pyridine rings is 1. The van der Waals surface area contributed by atoms with Crippen molar-refractivity contribution < 1.29 is 22.9 Å². The van der Waals surface area contributed by atoms with Crippen molar-refractivity contribution in [3.63, 3.8) is 0 Å². The summed E-state index contributed by atoms with van der Waals surface area (Å²) in [5.41, 5.74) is -3.36. The molecule has 1 aromatic carbocycles. The van der Waals surface area contributed by atoms with Crippen LogP contribution in [-0.2, 0) is 6.18 Å². The largest absolute Gasteiger partial charge is 0.423 e. The molecular formula is C13H7F3N2O3. The third-order valence-electron chi connectivity index (χ3n) is 2.69. The number of nitrogens with zero attached hydrogens (tertiary/aromatic N) is 2. The Morgan fingerprint density at radius 1 is 1.19 bits per heavy atom. The molecule has 2 rings (SSSR count). The molecule has 0 amide bonds. The van der Waals surface area contributed by atoms with E-state index >= 15 is 0 Å². The summed E-state index contributed by atoms with van der Waals surface area (Å²) in [4.78, 5) is 25.6. The molecule has 2 aromatic rings. The molecular weight excluding hydrogens is 289 g/mol. The summed E-state index contributed by atoms with van der Waals surface area (Å²) in [6, 6.07) is 5.24. The Hall–Kier alpha value is -2.77. The number of aromatic nitrogens is 1. The van der Waals surface area contributed by atoms with E-state index in [4.69, 9.17) is 0 Å². The van der Waals surface area contributed by atoms with Gasteiger partial charge < -0.3 is 0 Å². The average molecular weight is 296 g/mol. The molecule has 0 aliphatic carbocycles. The monoisotopic (exact) mass is 296 g/mol. The highest BCUT2D eigenvalue weighted by Gasteiger charge is 2.40. The smallest absolute Gasteiger partial charge is 0.288 e. The number of nitro groups is 1. The van der Waals surface area contributed by atoms with Gasteiger partial charge in [0.2, 0.25) is 5.78 Å². The number of hydrogen-bond donors (Lipinski definition) is 0. The lowest BCUT2D eigenvalue weighted by Gasteiger charge is -2.10. The third-order valence-corrected chi connectivity index (χ3v) is 2.69. The van der Waals surface area contributed by atoms with Crippen LogP contribution in [0.2, 0.25) is 0 Å². The Morgan fingerprint density at radius 3 is 2.43 bits per heavy atom. The molecule has 0 bridgehead atoms. The predicted octanol–water partition coefficient (Wildman–Crippen LogP) is 3.24. The summed E-state index contributed by atoms with van der Waals surface area (Å²) in [5, 5.41) is 11.0. The molecule has 0 radical (unpaired) electrons. The number of carbonyl (C=O) groups is 1. The fraction of sp³-hybridized carbons (Fsp3) is 0.0769. The van der Waals surface area contributed by atoms with E-state index in [-0.39, 0.29) is 5.56 Å². The normalized spacial score (nSPS) is 11.2. The van der Waals surface area contributed by atoms with Crippen molar-refractivity contribution in [2.24, 2.45) is 0 Å². The molecule has 0 saturated heterocycles. The first-order valence-electron chi connectivity index (χ1n) is 5.61. The van der Waals surface area contributed by atoms with Crippen LogP contribution < -0.4 is 0 Å². The van der Waals surface area contributed by atoms with Crippen molar-refractivity contribution in [1.82, 2.24) is 4.98 Å². The Bertz CT molecular complexity index is 700. The number of hydrogen-bond acceptors (Lipinski definition) is 4. The number of alkyl halides is 3. The summed E-state index contributed by atoms with van der Waals surface area (Å²) in [6.07, 6.45) is -2.42. The van der Waals surface area contributed by atoms with Gasteiger partial charge in [-0.05, 0) is 24.3 Å². The standard InChI is InChI=1S/C13H7F3N2O3/c14-13(15,16)10-5-1-4-9(11(10)18(20)21)12(19)8-3-2-6-17-7-8/h1-7H. The molecule has 0 atom stereocenters. The number of nitro benzene ring substituents is 1. The molecule has 0 aliphatic rings. The highest BCUT2D eigenvalue weighted by molar-refractivity contribution is 6.11. The van der Waals surface area contributed by atoms with Gasteiger partial charge in [-0.15, -0.1) is 0 Å². The van der Waals surface area contributed by atoms with Gasteiger partial charge in [0.25, 0.3) is 5.69 Å². The Morgan fingerprint density at radius 2 is 1.90 bits per heavy atom. The molecule has 108 valence electrons. The zero-order valence-corrected chi connectivity index (χ0v) is 10.3. The van der Waals surface area contributed by atoms with Gasteiger partial charge in [0, 0.05) is 18.0 Å². The SMILES string of the molecule is O=C(c1cccnc1)c1cccc(C(F)(F)F)c1[N+](=O)[O-]. The first-order valence-corrected chi connectivity index (χ1v) is 5.61. The van der Waals surface area contributed by atoms with Gasteiger partial charge in [0.1, 0.15) is 11.1 Å². The molecule has 1 heterocycles. The maximum Gasteiger partial charge on any atom is 0.423 e. The number of halogens is 3. The minimum absolute atomic E-state index is 0.0278. The number of rotatable bonds is 3. The molecule has 0 N–H and O–H groups in total. The molecule has 0 saturated carbocycles. The molecule has 1 aromatic heterocycles. The van der Waals surface area contributed by atoms with Crippen molar-refractivity contribution in [2.45, 2.75) is 6.18 Å². The Labute approximate surface area is 116 Å². The van der Waals surface area contributed by atoms with E-state index in [1.807, 2.05) is 0 Å². The average Bonchev–Trinajstić information content (AvgIpc) is 2.45. The zero-order valence-electron chi connectivity index (χ0n) is 10.3. The maximum absolute atomic E-state index is 12.8. The quantitative estimate of drug-likeness (QED) is 0.495. The zero-order chi connectivity index (χ0) is 15.6. The minimum Gasteiger partial charge on any atom is -0.288 e. The van der Waals surface area contributed by atoms with Crippen LogP contribution in [0.3, 0.4) is 0 Å². The van der Waals surface area contributed by atoms with Crippen molar-refractivity contribution in [1.29, 1.82) is 0 Å². The molecule has 5 nitrogen and oxygen atoms in total. The van der Waals surface area contributed by atoms with Crippen LogP contribution in [0.1, 0.15) is 21.5 Å². The van der Waals surface area contributed by atoms with Crippen LogP contribution in [0.4, 0.5) is 18.9 Å². The third kappa shape index (κ3) is 2.88. The summed E-state index contributed by atoms with van der Waals surface area (Å²) < 4.78 is 38.5. The van der Waals surface area contributed by atoms with Crippen LogP contribution in [0.5, 0.6) is 0 Å². The lowest BCUT2D eigenvalue weighted by molar-refractivity contribution is -0.388. The second-order valence-electron chi connectivity index (χ2n) is 4.03. The number of ketones is 1. The predicted molar refractivity (Wildman–Crippen MR) is 65.8 cm³/mol. The lowest BCUT2D eigenvalue weighted by Crippen LogP contribution is -2.13. The maximum atomic E-state index is 12.8. The summed E-state index contributed by atoms with van der Waals surface area (Å²) >= 11 is 0. The van der Waals surface area contributed by atoms with E-state index in [1.54, 1.807) is 0 Å². The van der Waals surface area contributed by atoms with Gasteiger partial charge >= 0.3 is 6.18 Å². The number of carbonyl (C=O) groups excluding carboxylic acids is 1. The highest BCUT2D eigenvalue weighted by Crippen LogP contribution is 2.38. The van der Waals surface area contributed by atoms with Crippen molar-refractivity contribution in [3.05, 3.63) is 69.5 Å². The fourth-order valence-corrected chi connectivity index (χ4v) is 1.80. The summed E-state index contributed by atoms with van der Waals surface area (Å²) in [6.45, 7) is 0. The van der Waals surface area contributed by atoms with E-state index in [2.05, 4.69) is 4.98 Å². The molecule has 8 heteroatoms. The van der Waals surface area contributed by atoms with Crippen LogP contribution in [0.25, 0.3) is 0 Å². The van der Waals surface area contributed by atoms with Gasteiger partial charge in [-0.1, -0.05) is 6.07 Å². The highest BCUT2D eigenvalue weighted by atomic mass is 19.4. The van der Waals surface area contributed by atoms with Crippen LogP contribution in [-0.4, -0.2) is 15.7 Å². The van der Waals surface area contributed by atoms with E-state index in [1.165, 1.54) is 18.3 Å². The lowest BCUT2D eigenvalue weighted by atomic mass is 9.99. The van der Waals surface area contributed by atoms with E-state index in [0.717, 1.165) is 18.3 Å². The van der Waals surface area contributed by atoms with Crippen molar-refractivity contribution in [3.8, 4) is 0 Å².